The van der Waals surface area contributed by atoms with Gasteiger partial charge in [0, 0.05) is 12.1 Å². The number of rotatable bonds is 12. The van der Waals surface area contributed by atoms with Gasteiger partial charge in [-0.05, 0) is 24.3 Å². The van der Waals surface area contributed by atoms with Crippen LogP contribution in [0.1, 0.15) is 0 Å². The molecule has 0 aliphatic rings. The highest BCUT2D eigenvalue weighted by Crippen LogP contribution is 2.30. The van der Waals surface area contributed by atoms with Crippen LogP contribution in [0.2, 0.25) is 0 Å². The van der Waals surface area contributed by atoms with Gasteiger partial charge in [0.25, 0.3) is 0 Å². The Morgan fingerprint density at radius 2 is 1.06 bits per heavy atom. The second-order valence-electron chi connectivity index (χ2n) is 6.17. The van der Waals surface area contributed by atoms with Crippen molar-refractivity contribution in [1.82, 2.24) is 0 Å². The van der Waals surface area contributed by atoms with E-state index in [9.17, 15) is 37.1 Å². The molecule has 2 aromatic carbocycles. The first-order valence-corrected chi connectivity index (χ1v) is 11.9. The van der Waals surface area contributed by atoms with E-state index in [1.165, 1.54) is 0 Å². The molecule has 180 valence electrons. The van der Waals surface area contributed by atoms with E-state index < -0.39 is 51.1 Å². The third-order valence-corrected chi connectivity index (χ3v) is 5.70. The van der Waals surface area contributed by atoms with Crippen molar-refractivity contribution in [3.05, 3.63) is 56.6 Å². The molecule has 2 rings (SSSR count). The number of sulfonamides is 2. The van der Waals surface area contributed by atoms with Gasteiger partial charge in [-0.15, -0.1) is 0 Å². The zero-order valence-corrected chi connectivity index (χ0v) is 18.3. The standard InChI is InChI=1S/C16H18N4O11S2/c17-32(25,26)11-1-3-15(13(9-11)19(21)22)30-7-5-29-6-8-31-16-4-2-12(33(18,27)28)10-14(16)20(23)24/h1-4,9-10H,5-8H2,(H2,17,25,26)(H2,18,27,28). The van der Waals surface area contributed by atoms with E-state index in [0.29, 0.717) is 0 Å². The summed E-state index contributed by atoms with van der Waals surface area (Å²) in [6.07, 6.45) is 0. The smallest absolute Gasteiger partial charge is 0.312 e. The molecular weight excluding hydrogens is 488 g/mol. The Morgan fingerprint density at radius 3 is 1.36 bits per heavy atom. The van der Waals surface area contributed by atoms with Crippen LogP contribution in [0.3, 0.4) is 0 Å². The van der Waals surface area contributed by atoms with Crippen LogP contribution >= 0.6 is 0 Å². The van der Waals surface area contributed by atoms with Crippen molar-refractivity contribution >= 4 is 31.4 Å². The zero-order chi connectivity index (χ0) is 24.8. The number of nitro benzene ring substituents is 2. The van der Waals surface area contributed by atoms with Crippen molar-refractivity contribution < 1.29 is 40.9 Å². The van der Waals surface area contributed by atoms with Gasteiger partial charge < -0.3 is 14.2 Å². The average Bonchev–Trinajstić information content (AvgIpc) is 2.71. The lowest BCUT2D eigenvalue weighted by Crippen LogP contribution is -2.14. The highest BCUT2D eigenvalue weighted by Gasteiger charge is 2.21. The van der Waals surface area contributed by atoms with Gasteiger partial charge in [0.1, 0.15) is 13.2 Å². The molecule has 15 nitrogen and oxygen atoms in total. The lowest BCUT2D eigenvalue weighted by molar-refractivity contribution is -0.386. The fraction of sp³-hybridized carbons (Fsp3) is 0.250. The van der Waals surface area contributed by atoms with Gasteiger partial charge in [0.05, 0.1) is 32.9 Å². The van der Waals surface area contributed by atoms with E-state index in [1.54, 1.807) is 0 Å². The van der Waals surface area contributed by atoms with Crippen LogP contribution in [0.15, 0.2) is 46.2 Å². The van der Waals surface area contributed by atoms with Crippen molar-refractivity contribution in [3.8, 4) is 11.5 Å². The van der Waals surface area contributed by atoms with Gasteiger partial charge in [-0.3, -0.25) is 20.2 Å². The van der Waals surface area contributed by atoms with Crippen LogP contribution in [-0.2, 0) is 24.8 Å². The quantitative estimate of drug-likeness (QED) is 0.225. The Labute approximate surface area is 187 Å². The molecule has 4 N–H and O–H groups in total. The Balaban J connectivity index is 1.87. The van der Waals surface area contributed by atoms with Crippen LogP contribution < -0.4 is 19.8 Å². The molecule has 0 aliphatic carbocycles. The van der Waals surface area contributed by atoms with Crippen molar-refractivity contribution in [2.24, 2.45) is 10.3 Å². The molecule has 0 saturated heterocycles. The predicted octanol–water partition coefficient (Wildman–Crippen LogP) is 0.272. The first-order chi connectivity index (χ1) is 15.3. The summed E-state index contributed by atoms with van der Waals surface area (Å²) in [5.41, 5.74) is -1.19. The van der Waals surface area contributed by atoms with Gasteiger partial charge in [-0.25, -0.2) is 27.1 Å². The zero-order valence-electron chi connectivity index (χ0n) is 16.6. The minimum atomic E-state index is -4.13. The fourth-order valence-corrected chi connectivity index (χ4v) is 3.47. The molecule has 0 radical (unpaired) electrons. The molecule has 0 saturated carbocycles. The average molecular weight is 506 g/mol. The summed E-state index contributed by atoms with van der Waals surface area (Å²) >= 11 is 0. The molecule has 0 unspecified atom stereocenters. The number of nitrogens with zero attached hydrogens (tertiary/aromatic N) is 2. The molecular formula is C16H18N4O11S2. The first kappa shape index (κ1) is 25.9. The van der Waals surface area contributed by atoms with Crippen molar-refractivity contribution in [2.75, 3.05) is 26.4 Å². The van der Waals surface area contributed by atoms with Crippen LogP contribution in [0.5, 0.6) is 11.5 Å². The number of hydrogen-bond acceptors (Lipinski definition) is 11. The van der Waals surface area contributed by atoms with Gasteiger partial charge in [0.15, 0.2) is 11.5 Å². The summed E-state index contributed by atoms with van der Waals surface area (Å²) in [7, 11) is -8.26. The summed E-state index contributed by atoms with van der Waals surface area (Å²) in [6.45, 7) is -0.384. The predicted molar refractivity (Wildman–Crippen MR) is 111 cm³/mol. The molecule has 2 aromatic rings. The molecule has 0 fully saturated rings. The molecule has 33 heavy (non-hydrogen) atoms. The minimum Gasteiger partial charge on any atom is -0.484 e. The van der Waals surface area contributed by atoms with Gasteiger partial charge in [0.2, 0.25) is 20.0 Å². The van der Waals surface area contributed by atoms with Crippen molar-refractivity contribution in [3.63, 3.8) is 0 Å². The third-order valence-electron chi connectivity index (χ3n) is 3.88. The van der Waals surface area contributed by atoms with E-state index >= 15 is 0 Å². The molecule has 0 amide bonds. The molecule has 0 aliphatic heterocycles. The fourth-order valence-electron chi connectivity index (χ4n) is 2.40. The summed E-state index contributed by atoms with van der Waals surface area (Å²) in [6, 6.07) is 5.83. The van der Waals surface area contributed by atoms with Crippen LogP contribution in [0.4, 0.5) is 11.4 Å². The highest BCUT2D eigenvalue weighted by atomic mass is 32.2. The monoisotopic (exact) mass is 506 g/mol. The topological polar surface area (TPSA) is 234 Å². The lowest BCUT2D eigenvalue weighted by Gasteiger charge is -2.10. The summed E-state index contributed by atoms with van der Waals surface area (Å²) in [4.78, 5) is 19.7. The van der Waals surface area contributed by atoms with Crippen molar-refractivity contribution in [1.29, 1.82) is 0 Å². The Kier molecular flexibility index (Phi) is 8.23. The second-order valence-corrected chi connectivity index (χ2v) is 9.30. The van der Waals surface area contributed by atoms with Gasteiger partial charge >= 0.3 is 11.4 Å². The Bertz CT molecular complexity index is 1170. The first-order valence-electron chi connectivity index (χ1n) is 8.76. The Hall–Kier alpha value is -3.38. The van der Waals surface area contributed by atoms with E-state index in [-0.39, 0.29) is 37.9 Å². The van der Waals surface area contributed by atoms with Crippen molar-refractivity contribution in [2.45, 2.75) is 9.79 Å². The molecule has 0 heterocycles. The molecule has 0 bridgehead atoms. The maximum Gasteiger partial charge on any atom is 0.312 e. The molecule has 0 spiro atoms. The minimum absolute atomic E-state index is 0.0517. The van der Waals surface area contributed by atoms with E-state index in [4.69, 9.17) is 24.5 Å². The van der Waals surface area contributed by atoms with Crippen LogP contribution in [0.25, 0.3) is 0 Å². The molecule has 17 heteroatoms. The normalized spacial score (nSPS) is 11.7. The summed E-state index contributed by atoms with van der Waals surface area (Å²) in [5, 5.41) is 32.1. The maximum absolute atomic E-state index is 11.3. The maximum atomic E-state index is 11.3. The third kappa shape index (κ3) is 7.32. The number of nitrogens with two attached hydrogens (primary N) is 2. The molecule has 0 atom stereocenters. The SMILES string of the molecule is NS(=O)(=O)c1ccc(OCCOCCOc2ccc(S(N)(=O)=O)cc2[N+](=O)[O-])c([N+](=O)[O-])c1. The summed E-state index contributed by atoms with van der Waals surface area (Å²) < 4.78 is 60.9. The summed E-state index contributed by atoms with van der Waals surface area (Å²) in [5.74, 6) is -0.393. The van der Waals surface area contributed by atoms with Crippen LogP contribution in [0, 0.1) is 20.2 Å². The van der Waals surface area contributed by atoms with Gasteiger partial charge in [-0.1, -0.05) is 0 Å². The second kappa shape index (κ2) is 10.5. The number of primary sulfonamides is 2. The van der Waals surface area contributed by atoms with Crippen LogP contribution in [-0.4, -0.2) is 53.1 Å². The highest BCUT2D eigenvalue weighted by molar-refractivity contribution is 7.89. The lowest BCUT2D eigenvalue weighted by atomic mass is 10.3. The van der Waals surface area contributed by atoms with Gasteiger partial charge in [-0.2, -0.15) is 0 Å². The number of ether oxygens (including phenoxy) is 3. The molecule has 0 aromatic heterocycles. The largest absolute Gasteiger partial charge is 0.484 e. The Morgan fingerprint density at radius 1 is 0.697 bits per heavy atom. The number of hydrogen-bond donors (Lipinski definition) is 2. The number of benzene rings is 2. The van der Waals surface area contributed by atoms with E-state index in [0.717, 1.165) is 36.4 Å². The number of nitro groups is 2. The van der Waals surface area contributed by atoms with E-state index in [2.05, 4.69) is 0 Å². The van der Waals surface area contributed by atoms with E-state index in [1.807, 2.05) is 0 Å².